The molecule has 0 radical (unpaired) electrons. The predicted octanol–water partition coefficient (Wildman–Crippen LogP) is 8.66. The summed E-state index contributed by atoms with van der Waals surface area (Å²) in [5, 5.41) is 0. The Morgan fingerprint density at radius 3 is 1.44 bits per heavy atom. The zero-order valence-corrected chi connectivity index (χ0v) is 31.0. The van der Waals surface area contributed by atoms with Gasteiger partial charge in [0.2, 0.25) is 0 Å². The summed E-state index contributed by atoms with van der Waals surface area (Å²) < 4.78 is 50.5. The monoisotopic (exact) mass is 651 g/mol. The molecule has 0 saturated carbocycles. The van der Waals surface area contributed by atoms with Crippen molar-refractivity contribution in [2.75, 3.05) is 68.1 Å². The van der Waals surface area contributed by atoms with Crippen LogP contribution in [0.25, 0.3) is 0 Å². The highest BCUT2D eigenvalue weighted by atomic mass is 16.9. The van der Waals surface area contributed by atoms with Gasteiger partial charge in [-0.2, -0.15) is 0 Å². The van der Waals surface area contributed by atoms with Crippen molar-refractivity contribution in [3.05, 3.63) is 0 Å². The van der Waals surface area contributed by atoms with Gasteiger partial charge in [-0.05, 0) is 46.5 Å². The van der Waals surface area contributed by atoms with Crippen LogP contribution < -0.4 is 0 Å². The van der Waals surface area contributed by atoms with E-state index in [0.717, 1.165) is 51.9 Å². The minimum absolute atomic E-state index is 0.205. The molecule has 1 aliphatic rings. The fourth-order valence-electron chi connectivity index (χ4n) is 5.76. The van der Waals surface area contributed by atoms with Crippen molar-refractivity contribution in [1.82, 2.24) is 0 Å². The summed E-state index contributed by atoms with van der Waals surface area (Å²) in [6.45, 7) is 14.6. The molecule has 9 heteroatoms. The van der Waals surface area contributed by atoms with Crippen molar-refractivity contribution < 1.29 is 42.6 Å². The number of ether oxygens (including phenoxy) is 9. The molecule has 0 aromatic rings. The first-order valence-electron chi connectivity index (χ1n) is 18.2. The SMILES string of the molecule is CCCCCCCCC(CCCOCC1CO1)C(OCC)(OCC)OCC.CCCCCCCCC(OC)C(OC)(OC)OC. The largest absolute Gasteiger partial charge is 0.379 e. The number of unbranched alkanes of at least 4 members (excludes halogenated alkanes) is 10. The van der Waals surface area contributed by atoms with Gasteiger partial charge in [0.15, 0.2) is 0 Å². The van der Waals surface area contributed by atoms with E-state index in [1.165, 1.54) is 70.6 Å². The molecule has 9 nitrogen and oxygen atoms in total. The summed E-state index contributed by atoms with van der Waals surface area (Å²) in [6.07, 6.45) is 19.3. The Hall–Kier alpha value is -0.360. The van der Waals surface area contributed by atoms with Gasteiger partial charge in [0, 0.05) is 60.8 Å². The van der Waals surface area contributed by atoms with E-state index in [2.05, 4.69) is 13.8 Å². The summed E-state index contributed by atoms with van der Waals surface area (Å²) >= 11 is 0. The number of methoxy groups -OCH3 is 4. The number of hydrogen-bond acceptors (Lipinski definition) is 9. The van der Waals surface area contributed by atoms with Gasteiger partial charge < -0.3 is 42.6 Å². The summed E-state index contributed by atoms with van der Waals surface area (Å²) in [5.74, 6) is -1.77. The molecule has 1 saturated heterocycles. The fourth-order valence-corrected chi connectivity index (χ4v) is 5.76. The molecule has 3 unspecified atom stereocenters. The van der Waals surface area contributed by atoms with Gasteiger partial charge in [0.25, 0.3) is 5.97 Å². The maximum atomic E-state index is 6.07. The average Bonchev–Trinajstić information content (AvgIpc) is 3.88. The predicted molar refractivity (Wildman–Crippen MR) is 181 cm³/mol. The normalized spacial score (nSPS) is 16.3. The molecule has 0 amide bonds. The van der Waals surface area contributed by atoms with Crippen LogP contribution >= 0.6 is 0 Å². The Kier molecular flexibility index (Phi) is 29.5. The molecule has 0 bridgehead atoms. The molecular formula is C36H74O9. The minimum Gasteiger partial charge on any atom is -0.379 e. The highest BCUT2D eigenvalue weighted by molar-refractivity contribution is 4.74. The van der Waals surface area contributed by atoms with Gasteiger partial charge in [-0.25, -0.2) is 0 Å². The standard InChI is InChI=1S/C22H44O5.C14H30O4/c1-5-9-10-11-12-13-15-20(16-14-17-23-18-21-19-24-21)22(25-6-2,26-7-3)27-8-4;1-6-7-8-9-10-11-12-13(15-2)14(16-3,17-4)18-5/h20-21H,5-19H2,1-4H3;13H,6-12H2,1-5H3. The summed E-state index contributed by atoms with van der Waals surface area (Å²) in [6, 6.07) is 0. The van der Waals surface area contributed by atoms with Crippen molar-refractivity contribution in [2.45, 2.75) is 162 Å². The number of epoxide rings is 1. The molecule has 0 N–H and O–H groups in total. The molecule has 45 heavy (non-hydrogen) atoms. The molecule has 0 aromatic carbocycles. The highest BCUT2D eigenvalue weighted by Crippen LogP contribution is 2.34. The van der Waals surface area contributed by atoms with Crippen molar-refractivity contribution in [3.63, 3.8) is 0 Å². The molecule has 0 aromatic heterocycles. The lowest BCUT2D eigenvalue weighted by Crippen LogP contribution is -2.48. The molecular weight excluding hydrogens is 576 g/mol. The van der Waals surface area contributed by atoms with Gasteiger partial charge in [0.1, 0.15) is 12.2 Å². The molecule has 1 fully saturated rings. The van der Waals surface area contributed by atoms with Gasteiger partial charge in [-0.1, -0.05) is 90.9 Å². The lowest BCUT2D eigenvalue weighted by Gasteiger charge is -2.39. The Labute approximate surface area is 278 Å². The van der Waals surface area contributed by atoms with E-state index in [1.54, 1.807) is 28.4 Å². The second-order valence-electron chi connectivity index (χ2n) is 11.8. The van der Waals surface area contributed by atoms with Crippen LogP contribution in [0.3, 0.4) is 0 Å². The van der Waals surface area contributed by atoms with Gasteiger partial charge >= 0.3 is 5.97 Å². The Morgan fingerprint density at radius 2 is 1.02 bits per heavy atom. The van der Waals surface area contributed by atoms with Crippen LogP contribution in [0.4, 0.5) is 0 Å². The van der Waals surface area contributed by atoms with Crippen LogP contribution in [0.1, 0.15) is 137 Å². The van der Waals surface area contributed by atoms with Crippen molar-refractivity contribution >= 4 is 0 Å². The van der Waals surface area contributed by atoms with E-state index in [9.17, 15) is 0 Å². The smallest absolute Gasteiger partial charge is 0.310 e. The van der Waals surface area contributed by atoms with E-state index in [0.29, 0.717) is 25.9 Å². The Bertz CT molecular complexity index is 588. The summed E-state index contributed by atoms with van der Waals surface area (Å²) in [4.78, 5) is 0. The molecule has 272 valence electrons. The molecule has 1 aliphatic heterocycles. The van der Waals surface area contributed by atoms with Crippen LogP contribution in [0.2, 0.25) is 0 Å². The van der Waals surface area contributed by atoms with E-state index in [1.807, 2.05) is 20.8 Å². The van der Waals surface area contributed by atoms with Crippen molar-refractivity contribution in [2.24, 2.45) is 5.92 Å². The van der Waals surface area contributed by atoms with E-state index in [4.69, 9.17) is 42.6 Å². The number of hydrogen-bond donors (Lipinski definition) is 0. The maximum absolute atomic E-state index is 6.07. The molecule has 1 rings (SSSR count). The van der Waals surface area contributed by atoms with Crippen LogP contribution in [-0.4, -0.2) is 92.2 Å². The van der Waals surface area contributed by atoms with Crippen molar-refractivity contribution in [3.8, 4) is 0 Å². The van der Waals surface area contributed by atoms with Crippen molar-refractivity contribution in [1.29, 1.82) is 0 Å². The van der Waals surface area contributed by atoms with Gasteiger partial charge in [-0.15, -0.1) is 0 Å². The molecule has 0 aliphatic carbocycles. The zero-order chi connectivity index (χ0) is 33.7. The van der Waals surface area contributed by atoms with Crippen LogP contribution in [-0.2, 0) is 42.6 Å². The minimum atomic E-state index is -1.09. The zero-order valence-electron chi connectivity index (χ0n) is 31.0. The first-order chi connectivity index (χ1) is 21.9. The number of rotatable bonds is 32. The Balaban J connectivity index is 0.000000937. The summed E-state index contributed by atoms with van der Waals surface area (Å²) in [7, 11) is 6.37. The van der Waals surface area contributed by atoms with Gasteiger partial charge in [0.05, 0.1) is 13.2 Å². The quantitative estimate of drug-likeness (QED) is 0.0403. The lowest BCUT2D eigenvalue weighted by atomic mass is 9.93. The molecule has 0 spiro atoms. The van der Waals surface area contributed by atoms with Crippen LogP contribution in [0.5, 0.6) is 0 Å². The molecule has 3 atom stereocenters. The first kappa shape index (κ1) is 44.6. The Morgan fingerprint density at radius 1 is 0.578 bits per heavy atom. The van der Waals surface area contributed by atoms with E-state index < -0.39 is 11.9 Å². The van der Waals surface area contributed by atoms with Crippen LogP contribution in [0.15, 0.2) is 0 Å². The topological polar surface area (TPSA) is 86.4 Å². The second kappa shape index (κ2) is 29.8. The third-order valence-electron chi connectivity index (χ3n) is 8.34. The second-order valence-corrected chi connectivity index (χ2v) is 11.8. The fraction of sp³-hybridized carbons (Fsp3) is 1.00. The third-order valence-corrected chi connectivity index (χ3v) is 8.34. The first-order valence-corrected chi connectivity index (χ1v) is 18.2. The van der Waals surface area contributed by atoms with E-state index >= 15 is 0 Å². The molecule has 1 heterocycles. The van der Waals surface area contributed by atoms with Crippen LogP contribution in [0, 0.1) is 5.92 Å². The third kappa shape index (κ3) is 19.9. The lowest BCUT2D eigenvalue weighted by molar-refractivity contribution is -0.403. The average molecular weight is 651 g/mol. The van der Waals surface area contributed by atoms with E-state index in [-0.39, 0.29) is 12.0 Å². The summed E-state index contributed by atoms with van der Waals surface area (Å²) in [5.41, 5.74) is 0. The maximum Gasteiger partial charge on any atom is 0.310 e. The highest BCUT2D eigenvalue weighted by Gasteiger charge is 2.42. The van der Waals surface area contributed by atoms with Gasteiger partial charge in [-0.3, -0.25) is 0 Å².